The molecule has 2 heterocycles. The molecule has 0 fully saturated rings. The second kappa shape index (κ2) is 5.98. The fraction of sp³-hybridized carbons (Fsp3) is 0.125. The summed E-state index contributed by atoms with van der Waals surface area (Å²) < 4.78 is 13.8. The van der Waals surface area contributed by atoms with Crippen molar-refractivity contribution in [2.45, 2.75) is 13.8 Å². The van der Waals surface area contributed by atoms with Gasteiger partial charge in [0.15, 0.2) is 5.13 Å². The van der Waals surface area contributed by atoms with Crippen LogP contribution in [0.4, 0.5) is 9.52 Å². The van der Waals surface area contributed by atoms with Crippen LogP contribution in [0.15, 0.2) is 36.4 Å². The van der Waals surface area contributed by atoms with Gasteiger partial charge in [-0.3, -0.25) is 10.1 Å². The summed E-state index contributed by atoms with van der Waals surface area (Å²) in [6.45, 7) is 3.87. The third-order valence-electron chi connectivity index (χ3n) is 3.22. The molecule has 1 N–H and O–H groups in total. The average Bonchev–Trinajstić information content (AvgIpc) is 3.07. The van der Waals surface area contributed by atoms with Gasteiger partial charge in [-0.05, 0) is 32.0 Å². The third-order valence-corrected chi connectivity index (χ3v) is 5.32. The summed E-state index contributed by atoms with van der Waals surface area (Å²) in [5.41, 5.74) is 1.42. The van der Waals surface area contributed by atoms with Crippen LogP contribution in [-0.4, -0.2) is 10.9 Å². The van der Waals surface area contributed by atoms with Crippen molar-refractivity contribution in [3.8, 4) is 10.4 Å². The molecular weight excluding hydrogens is 319 g/mol. The zero-order chi connectivity index (χ0) is 15.7. The van der Waals surface area contributed by atoms with Crippen molar-refractivity contribution in [3.05, 3.63) is 57.7 Å². The molecule has 2 aromatic heterocycles. The van der Waals surface area contributed by atoms with E-state index in [2.05, 4.69) is 10.3 Å². The number of hydrogen-bond acceptors (Lipinski definition) is 4. The highest BCUT2D eigenvalue weighted by Gasteiger charge is 2.14. The molecule has 3 rings (SSSR count). The Hall–Kier alpha value is -2.05. The van der Waals surface area contributed by atoms with Crippen molar-refractivity contribution < 1.29 is 9.18 Å². The maximum absolute atomic E-state index is 13.8. The van der Waals surface area contributed by atoms with Crippen LogP contribution in [0.1, 0.15) is 20.2 Å². The van der Waals surface area contributed by atoms with Crippen LogP contribution in [0, 0.1) is 19.7 Å². The summed E-state index contributed by atoms with van der Waals surface area (Å²) in [6, 6.07) is 10.0. The van der Waals surface area contributed by atoms with Gasteiger partial charge in [0.1, 0.15) is 5.82 Å². The molecule has 0 spiro atoms. The molecule has 1 aromatic carbocycles. The van der Waals surface area contributed by atoms with E-state index in [0.717, 1.165) is 15.4 Å². The monoisotopic (exact) mass is 332 g/mol. The lowest BCUT2D eigenvalue weighted by Gasteiger charge is -1.99. The number of thiazole rings is 1. The zero-order valence-electron chi connectivity index (χ0n) is 12.0. The number of halogens is 1. The van der Waals surface area contributed by atoms with Gasteiger partial charge in [0, 0.05) is 15.3 Å². The van der Waals surface area contributed by atoms with Gasteiger partial charge in [-0.1, -0.05) is 18.2 Å². The van der Waals surface area contributed by atoms with Gasteiger partial charge in [0.25, 0.3) is 5.91 Å². The number of anilines is 1. The van der Waals surface area contributed by atoms with E-state index in [9.17, 15) is 9.18 Å². The molecule has 0 bridgehead atoms. The van der Waals surface area contributed by atoms with Gasteiger partial charge in [0.05, 0.1) is 10.6 Å². The first kappa shape index (κ1) is 14.9. The van der Waals surface area contributed by atoms with Crippen molar-refractivity contribution >= 4 is 33.7 Å². The second-order valence-electron chi connectivity index (χ2n) is 4.76. The number of nitrogens with one attached hydrogen (secondary N) is 1. The predicted molar refractivity (Wildman–Crippen MR) is 89.3 cm³/mol. The Bertz CT molecular complexity index is 819. The molecule has 0 aliphatic carbocycles. The van der Waals surface area contributed by atoms with Crippen molar-refractivity contribution in [2.24, 2.45) is 0 Å². The first-order valence-corrected chi connectivity index (χ1v) is 8.28. The molecule has 3 nitrogen and oxygen atoms in total. The van der Waals surface area contributed by atoms with Gasteiger partial charge in [0.2, 0.25) is 0 Å². The van der Waals surface area contributed by atoms with E-state index in [0.29, 0.717) is 15.6 Å². The molecule has 1 amide bonds. The third kappa shape index (κ3) is 2.93. The first-order chi connectivity index (χ1) is 10.5. The van der Waals surface area contributed by atoms with Crippen LogP contribution in [0.5, 0.6) is 0 Å². The Balaban J connectivity index is 1.81. The smallest absolute Gasteiger partial charge is 0.267 e. The van der Waals surface area contributed by atoms with E-state index in [1.54, 1.807) is 30.3 Å². The molecule has 0 aliphatic rings. The molecule has 112 valence electrons. The van der Waals surface area contributed by atoms with Crippen LogP contribution in [0.2, 0.25) is 0 Å². The molecular formula is C16H13FN2OS2. The van der Waals surface area contributed by atoms with Gasteiger partial charge >= 0.3 is 0 Å². The van der Waals surface area contributed by atoms with E-state index in [1.165, 1.54) is 28.7 Å². The van der Waals surface area contributed by atoms with Crippen molar-refractivity contribution in [1.29, 1.82) is 0 Å². The zero-order valence-corrected chi connectivity index (χ0v) is 13.6. The van der Waals surface area contributed by atoms with Gasteiger partial charge < -0.3 is 0 Å². The Morgan fingerprint density at radius 1 is 1.14 bits per heavy atom. The molecule has 0 aliphatic heterocycles. The Morgan fingerprint density at radius 2 is 1.91 bits per heavy atom. The average molecular weight is 332 g/mol. The van der Waals surface area contributed by atoms with Crippen LogP contribution < -0.4 is 5.32 Å². The fourth-order valence-electron chi connectivity index (χ4n) is 1.95. The number of aryl methyl sites for hydroxylation is 2. The van der Waals surface area contributed by atoms with Crippen molar-refractivity contribution in [2.75, 3.05) is 5.32 Å². The van der Waals surface area contributed by atoms with Gasteiger partial charge in [-0.25, -0.2) is 9.37 Å². The van der Waals surface area contributed by atoms with Crippen LogP contribution >= 0.6 is 22.7 Å². The molecule has 0 saturated carbocycles. The summed E-state index contributed by atoms with van der Waals surface area (Å²) in [5, 5.41) is 3.37. The fourth-order valence-corrected chi connectivity index (χ4v) is 3.69. The van der Waals surface area contributed by atoms with Crippen LogP contribution in [0.25, 0.3) is 10.4 Å². The molecule has 3 aromatic rings. The minimum absolute atomic E-state index is 0.221. The molecule has 0 saturated heterocycles. The minimum Gasteiger partial charge on any atom is -0.297 e. The standard InChI is InChI=1S/C16H13FN2OS2/c1-9-10(2)21-16(18-9)19-15(20)14-8-7-13(22-14)11-5-3-4-6-12(11)17/h3-8H,1-2H3,(H,18,19,20). The largest absolute Gasteiger partial charge is 0.297 e. The summed E-state index contributed by atoms with van der Waals surface area (Å²) >= 11 is 2.71. The molecule has 0 atom stereocenters. The SMILES string of the molecule is Cc1nc(NC(=O)c2ccc(-c3ccccc3F)s2)sc1C. The highest BCUT2D eigenvalue weighted by molar-refractivity contribution is 7.18. The highest BCUT2D eigenvalue weighted by Crippen LogP contribution is 2.30. The van der Waals surface area contributed by atoms with E-state index in [4.69, 9.17) is 0 Å². The minimum atomic E-state index is -0.289. The van der Waals surface area contributed by atoms with Gasteiger partial charge in [-0.15, -0.1) is 22.7 Å². The maximum atomic E-state index is 13.8. The Labute approximate surface area is 135 Å². The lowest BCUT2D eigenvalue weighted by Crippen LogP contribution is -2.09. The van der Waals surface area contributed by atoms with E-state index in [1.807, 2.05) is 13.8 Å². The Morgan fingerprint density at radius 3 is 2.59 bits per heavy atom. The number of rotatable bonds is 3. The second-order valence-corrected chi connectivity index (χ2v) is 7.05. The lowest BCUT2D eigenvalue weighted by molar-refractivity contribution is 0.103. The highest BCUT2D eigenvalue weighted by atomic mass is 32.1. The van der Waals surface area contributed by atoms with E-state index in [-0.39, 0.29) is 11.7 Å². The molecule has 6 heteroatoms. The number of thiophene rings is 1. The summed E-state index contributed by atoms with van der Waals surface area (Å²) in [6.07, 6.45) is 0. The summed E-state index contributed by atoms with van der Waals surface area (Å²) in [7, 11) is 0. The first-order valence-electron chi connectivity index (χ1n) is 6.64. The Kier molecular flexibility index (Phi) is 4.04. The molecule has 0 radical (unpaired) electrons. The van der Waals surface area contributed by atoms with Crippen molar-refractivity contribution in [3.63, 3.8) is 0 Å². The molecule has 0 unspecified atom stereocenters. The number of amides is 1. The van der Waals surface area contributed by atoms with Gasteiger partial charge in [-0.2, -0.15) is 0 Å². The normalized spacial score (nSPS) is 10.7. The summed E-state index contributed by atoms with van der Waals surface area (Å²) in [4.78, 5) is 18.9. The number of carbonyl (C=O) groups excluding carboxylic acids is 1. The number of nitrogens with zero attached hydrogens (tertiary/aromatic N) is 1. The van der Waals surface area contributed by atoms with E-state index >= 15 is 0 Å². The number of carbonyl (C=O) groups is 1. The number of hydrogen-bond donors (Lipinski definition) is 1. The number of aromatic nitrogens is 1. The lowest BCUT2D eigenvalue weighted by atomic mass is 10.2. The van der Waals surface area contributed by atoms with Crippen LogP contribution in [-0.2, 0) is 0 Å². The van der Waals surface area contributed by atoms with E-state index < -0.39 is 0 Å². The van der Waals surface area contributed by atoms with Crippen LogP contribution in [0.3, 0.4) is 0 Å². The molecule has 22 heavy (non-hydrogen) atoms. The maximum Gasteiger partial charge on any atom is 0.267 e. The predicted octanol–water partition coefficient (Wildman–Crippen LogP) is 4.88. The number of benzene rings is 1. The van der Waals surface area contributed by atoms with Crippen molar-refractivity contribution in [1.82, 2.24) is 4.98 Å². The summed E-state index contributed by atoms with van der Waals surface area (Å²) in [5.74, 6) is -0.510. The topological polar surface area (TPSA) is 42.0 Å². The quantitative estimate of drug-likeness (QED) is 0.743.